The molecule has 0 aromatic heterocycles. The maximum atomic E-state index is 12.4. The zero-order valence-electron chi connectivity index (χ0n) is 18.3. The van der Waals surface area contributed by atoms with Crippen LogP contribution in [-0.2, 0) is 4.79 Å². The van der Waals surface area contributed by atoms with E-state index in [2.05, 4.69) is 10.5 Å². The molecule has 0 aliphatic carbocycles. The van der Waals surface area contributed by atoms with Crippen LogP contribution in [0.25, 0.3) is 10.8 Å². The van der Waals surface area contributed by atoms with Crippen molar-refractivity contribution in [3.63, 3.8) is 0 Å². The van der Waals surface area contributed by atoms with Crippen molar-refractivity contribution >= 4 is 40.5 Å². The molecule has 1 unspecified atom stereocenters. The first kappa shape index (κ1) is 23.0. The predicted octanol–water partition coefficient (Wildman–Crippen LogP) is 5.63. The Bertz CT molecular complexity index is 1350. The van der Waals surface area contributed by atoms with Gasteiger partial charge in [0.15, 0.2) is 6.10 Å². The molecule has 4 aromatic rings. The van der Waals surface area contributed by atoms with Crippen LogP contribution >= 0.6 is 11.6 Å². The maximum absolute atomic E-state index is 12.4. The summed E-state index contributed by atoms with van der Waals surface area (Å²) in [5.41, 5.74) is 3.56. The SMILES string of the molecule is CC(Oc1cccc2ccccc12)C(=O)N/N=C/c1ccc(OC(=O)c2cccc(Cl)c2)cc1. The third-order valence-corrected chi connectivity index (χ3v) is 5.20. The third kappa shape index (κ3) is 5.79. The normalized spacial score (nSPS) is 11.8. The molecule has 170 valence electrons. The summed E-state index contributed by atoms with van der Waals surface area (Å²) in [6.45, 7) is 1.66. The molecule has 0 aliphatic heterocycles. The Morgan fingerprint density at radius 3 is 2.47 bits per heavy atom. The van der Waals surface area contributed by atoms with Gasteiger partial charge in [-0.05, 0) is 66.4 Å². The van der Waals surface area contributed by atoms with Gasteiger partial charge >= 0.3 is 5.97 Å². The number of fused-ring (bicyclic) bond motifs is 1. The van der Waals surface area contributed by atoms with E-state index in [-0.39, 0.29) is 5.91 Å². The first-order chi connectivity index (χ1) is 16.5. The number of nitrogens with zero attached hydrogens (tertiary/aromatic N) is 1. The molecular formula is C27H21ClN2O4. The maximum Gasteiger partial charge on any atom is 0.343 e. The Kier molecular flexibility index (Phi) is 7.20. The van der Waals surface area contributed by atoms with Gasteiger partial charge in [0, 0.05) is 10.4 Å². The lowest BCUT2D eigenvalue weighted by Crippen LogP contribution is -2.33. The molecule has 1 atom stereocenters. The van der Waals surface area contributed by atoms with Crippen molar-refractivity contribution in [1.82, 2.24) is 5.43 Å². The van der Waals surface area contributed by atoms with Crippen LogP contribution in [0.15, 0.2) is 96.1 Å². The number of benzene rings is 4. The van der Waals surface area contributed by atoms with E-state index in [9.17, 15) is 9.59 Å². The Labute approximate surface area is 201 Å². The summed E-state index contributed by atoms with van der Waals surface area (Å²) in [6, 6.07) is 26.7. The molecule has 0 heterocycles. The number of nitrogens with one attached hydrogen (secondary N) is 1. The summed E-state index contributed by atoms with van der Waals surface area (Å²) in [4.78, 5) is 24.6. The lowest BCUT2D eigenvalue weighted by atomic mass is 10.1. The monoisotopic (exact) mass is 472 g/mol. The van der Waals surface area contributed by atoms with Gasteiger partial charge in [-0.2, -0.15) is 5.10 Å². The van der Waals surface area contributed by atoms with E-state index in [1.807, 2.05) is 42.5 Å². The van der Waals surface area contributed by atoms with Crippen molar-refractivity contribution in [2.45, 2.75) is 13.0 Å². The van der Waals surface area contributed by atoms with Crippen LogP contribution in [0.3, 0.4) is 0 Å². The molecule has 0 bridgehead atoms. The van der Waals surface area contributed by atoms with Crippen LogP contribution in [0, 0.1) is 0 Å². The quantitative estimate of drug-likeness (QED) is 0.164. The van der Waals surface area contributed by atoms with E-state index in [1.54, 1.807) is 55.5 Å². The second-order valence-electron chi connectivity index (χ2n) is 7.44. The standard InChI is InChI=1S/C27H21ClN2O4/c1-18(33-25-11-5-7-20-6-2-3-10-24(20)25)26(31)30-29-17-19-12-14-23(15-13-19)34-27(32)21-8-4-9-22(28)16-21/h2-18H,1H3,(H,30,31)/b29-17+. The fraction of sp³-hybridized carbons (Fsp3) is 0.0741. The summed E-state index contributed by atoms with van der Waals surface area (Å²) < 4.78 is 11.2. The molecule has 0 fully saturated rings. The van der Waals surface area contributed by atoms with Gasteiger partial charge in [0.05, 0.1) is 11.8 Å². The van der Waals surface area contributed by atoms with Crippen LogP contribution < -0.4 is 14.9 Å². The summed E-state index contributed by atoms with van der Waals surface area (Å²) in [7, 11) is 0. The first-order valence-corrected chi connectivity index (χ1v) is 10.9. The minimum atomic E-state index is -0.740. The molecule has 1 amide bonds. The van der Waals surface area contributed by atoms with Crippen LogP contribution in [0.5, 0.6) is 11.5 Å². The van der Waals surface area contributed by atoms with E-state index in [1.165, 1.54) is 6.21 Å². The molecule has 7 heteroatoms. The van der Waals surface area contributed by atoms with Gasteiger partial charge < -0.3 is 9.47 Å². The third-order valence-electron chi connectivity index (χ3n) is 4.96. The van der Waals surface area contributed by atoms with E-state index in [0.717, 1.165) is 10.8 Å². The summed E-state index contributed by atoms with van der Waals surface area (Å²) in [5.74, 6) is 0.128. The molecule has 0 saturated carbocycles. The second-order valence-corrected chi connectivity index (χ2v) is 7.88. The average Bonchev–Trinajstić information content (AvgIpc) is 2.85. The Balaban J connectivity index is 1.31. The van der Waals surface area contributed by atoms with Crippen LogP contribution in [-0.4, -0.2) is 24.2 Å². The van der Waals surface area contributed by atoms with E-state index in [0.29, 0.717) is 27.6 Å². The highest BCUT2D eigenvalue weighted by Crippen LogP contribution is 2.26. The molecule has 4 rings (SSSR count). The van der Waals surface area contributed by atoms with Gasteiger partial charge in [-0.1, -0.05) is 54.1 Å². The average molecular weight is 473 g/mol. The number of hydrogen-bond acceptors (Lipinski definition) is 5. The molecule has 4 aromatic carbocycles. The Morgan fingerprint density at radius 1 is 0.941 bits per heavy atom. The minimum absolute atomic E-state index is 0.362. The van der Waals surface area contributed by atoms with Crippen LogP contribution in [0.2, 0.25) is 5.02 Å². The van der Waals surface area contributed by atoms with Gasteiger partial charge in [-0.25, -0.2) is 10.2 Å². The number of rotatable bonds is 7. The number of halogens is 1. The van der Waals surface area contributed by atoms with Crippen molar-refractivity contribution in [3.8, 4) is 11.5 Å². The highest BCUT2D eigenvalue weighted by Gasteiger charge is 2.15. The summed E-state index contributed by atoms with van der Waals surface area (Å²) in [5, 5.41) is 6.41. The van der Waals surface area contributed by atoms with Gasteiger partial charge in [0.25, 0.3) is 5.91 Å². The van der Waals surface area contributed by atoms with E-state index >= 15 is 0 Å². The van der Waals surface area contributed by atoms with E-state index < -0.39 is 12.1 Å². The van der Waals surface area contributed by atoms with Crippen molar-refractivity contribution in [2.24, 2.45) is 5.10 Å². The molecule has 6 nitrogen and oxygen atoms in total. The number of carbonyl (C=O) groups excluding carboxylic acids is 2. The summed E-state index contributed by atoms with van der Waals surface area (Å²) in [6.07, 6.45) is 0.752. The number of amides is 1. The fourth-order valence-corrected chi connectivity index (χ4v) is 3.40. The molecular weight excluding hydrogens is 452 g/mol. The summed E-state index contributed by atoms with van der Waals surface area (Å²) >= 11 is 5.91. The van der Waals surface area contributed by atoms with Crippen molar-refractivity contribution in [3.05, 3.63) is 107 Å². The zero-order valence-corrected chi connectivity index (χ0v) is 19.0. The van der Waals surface area contributed by atoms with Gasteiger partial charge in [0.1, 0.15) is 11.5 Å². The molecule has 1 N–H and O–H groups in total. The predicted molar refractivity (Wildman–Crippen MR) is 133 cm³/mol. The lowest BCUT2D eigenvalue weighted by Gasteiger charge is -2.14. The molecule has 0 spiro atoms. The highest BCUT2D eigenvalue weighted by molar-refractivity contribution is 6.30. The van der Waals surface area contributed by atoms with Gasteiger partial charge in [-0.3, -0.25) is 4.79 Å². The fourth-order valence-electron chi connectivity index (χ4n) is 3.21. The lowest BCUT2D eigenvalue weighted by molar-refractivity contribution is -0.127. The molecule has 0 radical (unpaired) electrons. The molecule has 0 aliphatic rings. The first-order valence-electron chi connectivity index (χ1n) is 10.5. The highest BCUT2D eigenvalue weighted by atomic mass is 35.5. The largest absolute Gasteiger partial charge is 0.480 e. The Morgan fingerprint density at radius 2 is 1.68 bits per heavy atom. The topological polar surface area (TPSA) is 77.0 Å². The van der Waals surface area contributed by atoms with Crippen LogP contribution in [0.1, 0.15) is 22.8 Å². The van der Waals surface area contributed by atoms with Crippen molar-refractivity contribution in [2.75, 3.05) is 0 Å². The number of carbonyl (C=O) groups is 2. The second kappa shape index (κ2) is 10.6. The van der Waals surface area contributed by atoms with Crippen molar-refractivity contribution in [1.29, 1.82) is 0 Å². The van der Waals surface area contributed by atoms with Crippen molar-refractivity contribution < 1.29 is 19.1 Å². The smallest absolute Gasteiger partial charge is 0.343 e. The molecule has 34 heavy (non-hydrogen) atoms. The number of ether oxygens (including phenoxy) is 2. The van der Waals surface area contributed by atoms with Crippen LogP contribution in [0.4, 0.5) is 0 Å². The number of esters is 1. The minimum Gasteiger partial charge on any atom is -0.480 e. The number of hydrazone groups is 1. The molecule has 0 saturated heterocycles. The number of hydrogen-bond donors (Lipinski definition) is 1. The zero-order chi connectivity index (χ0) is 23.9. The Hall–Kier alpha value is -4.16. The van der Waals surface area contributed by atoms with Gasteiger partial charge in [0.2, 0.25) is 0 Å². The van der Waals surface area contributed by atoms with E-state index in [4.69, 9.17) is 21.1 Å². The van der Waals surface area contributed by atoms with Gasteiger partial charge in [-0.15, -0.1) is 0 Å².